The fourth-order valence-corrected chi connectivity index (χ4v) is 4.54. The molecule has 2 heterocycles. The first kappa shape index (κ1) is 26.3. The molecule has 3 amide bonds. The summed E-state index contributed by atoms with van der Waals surface area (Å²) in [7, 11) is -3.43. The Labute approximate surface area is 218 Å². The maximum absolute atomic E-state index is 12.4. The summed E-state index contributed by atoms with van der Waals surface area (Å²) in [6, 6.07) is 7.16. The van der Waals surface area contributed by atoms with Gasteiger partial charge >= 0.3 is 12.1 Å². The van der Waals surface area contributed by atoms with Crippen LogP contribution in [0.3, 0.4) is 0 Å². The average Bonchev–Trinajstić information content (AvgIpc) is 3.38. The van der Waals surface area contributed by atoms with E-state index in [4.69, 9.17) is 20.7 Å². The Hall–Kier alpha value is -4.78. The second kappa shape index (κ2) is 10.7. The molecule has 0 saturated carbocycles. The minimum Gasteiger partial charge on any atom is -0.389 e. The van der Waals surface area contributed by atoms with Crippen molar-refractivity contribution in [2.24, 2.45) is 11.5 Å². The number of benzene rings is 1. The summed E-state index contributed by atoms with van der Waals surface area (Å²) in [5.41, 5.74) is 13.4. The first-order valence-corrected chi connectivity index (χ1v) is 12.9. The molecule has 0 atom stereocenters. The summed E-state index contributed by atoms with van der Waals surface area (Å²) < 4.78 is 35.4. The average molecular weight is 537 g/mol. The second-order valence-electron chi connectivity index (χ2n) is 8.45. The Morgan fingerprint density at radius 2 is 1.87 bits per heavy atom. The van der Waals surface area contributed by atoms with Gasteiger partial charge in [0.15, 0.2) is 21.3 Å². The van der Waals surface area contributed by atoms with Crippen LogP contribution in [0.4, 0.5) is 9.59 Å². The zero-order valence-corrected chi connectivity index (χ0v) is 21.2. The number of nitrogens with one attached hydrogen (secondary N) is 1. The van der Waals surface area contributed by atoms with Crippen molar-refractivity contribution >= 4 is 27.5 Å². The van der Waals surface area contributed by atoms with Gasteiger partial charge in [-0.2, -0.15) is 0 Å². The van der Waals surface area contributed by atoms with E-state index in [1.807, 2.05) is 6.08 Å². The van der Waals surface area contributed by atoms with Crippen LogP contribution in [-0.4, -0.2) is 40.9 Å². The van der Waals surface area contributed by atoms with Gasteiger partial charge in [-0.25, -0.2) is 28.0 Å². The van der Waals surface area contributed by atoms with Crippen molar-refractivity contribution < 1.29 is 27.3 Å². The molecule has 0 unspecified atom stereocenters. The Bertz CT molecular complexity index is 1590. The number of allylic oxidation sites excluding steroid dienone is 5. The van der Waals surface area contributed by atoms with E-state index < -0.39 is 27.2 Å². The lowest BCUT2D eigenvalue weighted by atomic mass is 10.0. The number of sulfone groups is 1. The summed E-state index contributed by atoms with van der Waals surface area (Å²) in [5.74, 6) is -0.0190. The number of primary amides is 2. The minimum absolute atomic E-state index is 0.0746. The zero-order chi connectivity index (χ0) is 27.4. The van der Waals surface area contributed by atoms with Crippen LogP contribution < -0.4 is 21.5 Å². The van der Waals surface area contributed by atoms with Gasteiger partial charge in [-0.05, 0) is 38.0 Å². The highest BCUT2D eigenvalue weighted by atomic mass is 32.2. The minimum atomic E-state index is -3.43. The van der Waals surface area contributed by atoms with E-state index in [-0.39, 0.29) is 22.2 Å². The molecule has 2 aromatic heterocycles. The van der Waals surface area contributed by atoms with Crippen LogP contribution >= 0.6 is 0 Å². The molecule has 0 fully saturated rings. The Balaban J connectivity index is 1.65. The van der Waals surface area contributed by atoms with Crippen molar-refractivity contribution in [3.05, 3.63) is 72.2 Å². The molecule has 3 aromatic rings. The first-order valence-electron chi connectivity index (χ1n) is 11.3. The molecule has 5 N–H and O–H groups in total. The van der Waals surface area contributed by atoms with Crippen molar-refractivity contribution in [1.29, 1.82) is 0 Å². The predicted octanol–water partition coefficient (Wildman–Crippen LogP) is 3.33. The SMILES string of the molecule is CC(C)S(=O)(=O)c1ccc(-c2cnc(OC(N)=O)c(-c3cc(C4=CCC(=CNC(N)=O)C=C4)no3)n2)cc1. The summed E-state index contributed by atoms with van der Waals surface area (Å²) in [6.45, 7) is 3.22. The van der Waals surface area contributed by atoms with Crippen LogP contribution in [-0.2, 0) is 9.84 Å². The van der Waals surface area contributed by atoms with Crippen LogP contribution in [0.25, 0.3) is 28.3 Å². The smallest absolute Gasteiger partial charge is 0.389 e. The van der Waals surface area contributed by atoms with Crippen molar-refractivity contribution in [3.63, 3.8) is 0 Å². The number of rotatable bonds is 7. The lowest BCUT2D eigenvalue weighted by molar-refractivity contribution is 0.209. The molecule has 1 aliphatic carbocycles. The van der Waals surface area contributed by atoms with E-state index in [0.29, 0.717) is 23.4 Å². The standard InChI is InChI=1S/C25H24N6O6S/c1-14(2)38(34,35)18-9-7-17(8-10-18)20-13-28-23(36-25(27)33)22(30-20)21-11-19(31-37-21)16-5-3-15(4-6-16)12-29-24(26)32/h3,5-14H,4H2,1-2H3,(H2,27,33)(H3,26,29,32). The van der Waals surface area contributed by atoms with Crippen molar-refractivity contribution in [3.8, 4) is 28.6 Å². The number of nitrogens with zero attached hydrogens (tertiary/aromatic N) is 3. The van der Waals surface area contributed by atoms with E-state index in [9.17, 15) is 18.0 Å². The molecule has 38 heavy (non-hydrogen) atoms. The quantitative estimate of drug-likeness (QED) is 0.406. The highest BCUT2D eigenvalue weighted by molar-refractivity contribution is 7.92. The third-order valence-corrected chi connectivity index (χ3v) is 7.68. The second-order valence-corrected chi connectivity index (χ2v) is 11.0. The van der Waals surface area contributed by atoms with Gasteiger partial charge in [0.1, 0.15) is 5.69 Å². The van der Waals surface area contributed by atoms with Crippen LogP contribution in [0.1, 0.15) is 26.0 Å². The normalized spacial score (nSPS) is 14.4. The highest BCUT2D eigenvalue weighted by Gasteiger charge is 2.22. The molecule has 4 rings (SSSR count). The van der Waals surface area contributed by atoms with Gasteiger partial charge in [0, 0.05) is 23.4 Å². The molecule has 196 valence electrons. The number of ether oxygens (including phenoxy) is 1. The summed E-state index contributed by atoms with van der Waals surface area (Å²) in [6.07, 6.45) is 7.78. The van der Waals surface area contributed by atoms with Gasteiger partial charge in [-0.1, -0.05) is 35.5 Å². The summed E-state index contributed by atoms with van der Waals surface area (Å²) in [4.78, 5) is 31.2. The fourth-order valence-electron chi connectivity index (χ4n) is 3.48. The zero-order valence-electron chi connectivity index (χ0n) is 20.4. The number of amides is 3. The summed E-state index contributed by atoms with van der Waals surface area (Å²) >= 11 is 0. The Morgan fingerprint density at radius 1 is 1.13 bits per heavy atom. The van der Waals surface area contributed by atoms with Gasteiger partial charge in [-0.15, -0.1) is 0 Å². The fraction of sp³-hybridized carbons (Fsp3) is 0.160. The third kappa shape index (κ3) is 5.78. The maximum Gasteiger partial charge on any atom is 0.411 e. The molecule has 0 radical (unpaired) electrons. The Morgan fingerprint density at radius 3 is 2.47 bits per heavy atom. The number of hydrogen-bond acceptors (Lipinski definition) is 9. The topological polar surface area (TPSA) is 193 Å². The summed E-state index contributed by atoms with van der Waals surface area (Å²) in [5, 5.41) is 5.94. The number of aromatic nitrogens is 3. The molecule has 0 aliphatic heterocycles. The van der Waals surface area contributed by atoms with Crippen molar-refractivity contribution in [2.45, 2.75) is 30.4 Å². The van der Waals surface area contributed by atoms with Gasteiger partial charge in [0.2, 0.25) is 0 Å². The van der Waals surface area contributed by atoms with Gasteiger partial charge in [0.25, 0.3) is 5.88 Å². The molecule has 0 saturated heterocycles. The highest BCUT2D eigenvalue weighted by Crippen LogP contribution is 2.32. The van der Waals surface area contributed by atoms with Crippen molar-refractivity contribution in [2.75, 3.05) is 0 Å². The van der Waals surface area contributed by atoms with E-state index >= 15 is 0 Å². The predicted molar refractivity (Wildman–Crippen MR) is 138 cm³/mol. The largest absolute Gasteiger partial charge is 0.411 e. The molecule has 1 aliphatic rings. The number of nitrogens with two attached hydrogens (primary N) is 2. The maximum atomic E-state index is 12.4. The van der Waals surface area contributed by atoms with Crippen molar-refractivity contribution in [1.82, 2.24) is 20.4 Å². The number of carbonyl (C=O) groups excluding carboxylic acids is 2. The van der Waals surface area contributed by atoms with Gasteiger partial charge < -0.3 is 26.0 Å². The van der Waals surface area contributed by atoms with E-state index in [1.165, 1.54) is 24.5 Å². The van der Waals surface area contributed by atoms with E-state index in [0.717, 1.165) is 11.1 Å². The number of carbonyl (C=O) groups is 2. The van der Waals surface area contributed by atoms with Crippen LogP contribution in [0.15, 0.2) is 75.9 Å². The molecule has 0 spiro atoms. The molecular formula is C25H24N6O6S. The number of urea groups is 1. The van der Waals surface area contributed by atoms with Crippen LogP contribution in [0.5, 0.6) is 5.88 Å². The lowest BCUT2D eigenvalue weighted by Gasteiger charge is -2.10. The monoisotopic (exact) mass is 536 g/mol. The van der Waals surface area contributed by atoms with E-state index in [1.54, 1.807) is 44.2 Å². The lowest BCUT2D eigenvalue weighted by Crippen LogP contribution is -2.24. The van der Waals surface area contributed by atoms with Gasteiger partial charge in [-0.3, -0.25) is 0 Å². The molecule has 0 bridgehead atoms. The first-order chi connectivity index (χ1) is 18.0. The Kier molecular flexibility index (Phi) is 7.39. The van der Waals surface area contributed by atoms with Crippen LogP contribution in [0, 0.1) is 0 Å². The van der Waals surface area contributed by atoms with Crippen LogP contribution in [0.2, 0.25) is 0 Å². The third-order valence-electron chi connectivity index (χ3n) is 5.51. The molecular weight excluding hydrogens is 512 g/mol. The number of hydrogen-bond donors (Lipinski definition) is 3. The van der Waals surface area contributed by atoms with Gasteiger partial charge in [0.05, 0.1) is 22.0 Å². The molecule has 12 nitrogen and oxygen atoms in total. The van der Waals surface area contributed by atoms with E-state index in [2.05, 4.69) is 20.4 Å². The molecule has 13 heteroatoms. The molecule has 1 aromatic carbocycles.